The maximum Gasteiger partial charge on any atom is 0.203 e. The fourth-order valence-electron chi connectivity index (χ4n) is 3.49. The van der Waals surface area contributed by atoms with Crippen molar-refractivity contribution in [3.8, 4) is 56.5 Å². The zero-order chi connectivity index (χ0) is 21.8. The molecule has 1 heterocycles. The number of methoxy groups -OCH3 is 4. The fraction of sp³-hybridized carbons (Fsp3) is 0.160. The predicted molar refractivity (Wildman–Crippen MR) is 119 cm³/mol. The third-order valence-corrected chi connectivity index (χ3v) is 5.13. The number of ether oxygens (including phenoxy) is 4. The van der Waals surface area contributed by atoms with Gasteiger partial charge in [-0.2, -0.15) is 0 Å². The van der Waals surface area contributed by atoms with Gasteiger partial charge in [-0.3, -0.25) is 0 Å². The van der Waals surface area contributed by atoms with Crippen molar-refractivity contribution in [2.45, 2.75) is 0 Å². The lowest BCUT2D eigenvalue weighted by Crippen LogP contribution is -1.96. The van der Waals surface area contributed by atoms with E-state index in [2.05, 4.69) is 17.3 Å². The highest BCUT2D eigenvalue weighted by Gasteiger charge is 2.19. The van der Waals surface area contributed by atoms with Crippen molar-refractivity contribution in [1.29, 1.82) is 0 Å². The van der Waals surface area contributed by atoms with Crippen LogP contribution in [0.25, 0.3) is 33.5 Å². The van der Waals surface area contributed by atoms with Gasteiger partial charge < -0.3 is 23.5 Å². The molecule has 6 nitrogen and oxygen atoms in total. The van der Waals surface area contributed by atoms with Gasteiger partial charge in [0.05, 0.1) is 28.4 Å². The summed E-state index contributed by atoms with van der Waals surface area (Å²) in [6.07, 6.45) is 1.64. The van der Waals surface area contributed by atoms with Gasteiger partial charge in [-0.25, -0.2) is 0 Å². The maximum atomic E-state index is 5.47. The van der Waals surface area contributed by atoms with Gasteiger partial charge in [0.15, 0.2) is 11.5 Å². The second-order valence-electron chi connectivity index (χ2n) is 6.80. The minimum Gasteiger partial charge on any atom is -0.497 e. The first-order valence-electron chi connectivity index (χ1n) is 9.68. The predicted octanol–water partition coefficient (Wildman–Crippen LogP) is 5.71. The molecule has 0 aliphatic heterocycles. The molecule has 0 atom stereocenters. The van der Waals surface area contributed by atoms with E-state index in [4.69, 9.17) is 23.5 Å². The maximum absolute atomic E-state index is 5.47. The van der Waals surface area contributed by atoms with Crippen LogP contribution in [0.3, 0.4) is 0 Å². The van der Waals surface area contributed by atoms with Gasteiger partial charge in [-0.05, 0) is 41.0 Å². The number of nitrogens with zero attached hydrogens (tertiary/aromatic N) is 1. The SMILES string of the molecule is COc1ccc(-c2ccc(-c3conc3-c3cc(OC)c(OC)c(OC)c3)cc2)cc1. The molecule has 158 valence electrons. The molecule has 0 spiro atoms. The van der Waals surface area contributed by atoms with Gasteiger partial charge >= 0.3 is 0 Å². The van der Waals surface area contributed by atoms with Crippen molar-refractivity contribution >= 4 is 0 Å². The Morgan fingerprint density at radius 3 is 1.68 bits per heavy atom. The molecule has 31 heavy (non-hydrogen) atoms. The normalized spacial score (nSPS) is 10.6. The summed E-state index contributed by atoms with van der Waals surface area (Å²) in [5.41, 5.74) is 5.58. The van der Waals surface area contributed by atoms with Crippen LogP contribution >= 0.6 is 0 Å². The molecule has 0 N–H and O–H groups in total. The summed E-state index contributed by atoms with van der Waals surface area (Å²) in [6, 6.07) is 19.9. The second kappa shape index (κ2) is 8.83. The Hall–Kier alpha value is -3.93. The first-order valence-corrected chi connectivity index (χ1v) is 9.68. The van der Waals surface area contributed by atoms with Crippen LogP contribution in [0, 0.1) is 0 Å². The van der Waals surface area contributed by atoms with Crippen molar-refractivity contribution in [1.82, 2.24) is 5.16 Å². The van der Waals surface area contributed by atoms with E-state index in [-0.39, 0.29) is 0 Å². The van der Waals surface area contributed by atoms with Crippen LogP contribution in [0.1, 0.15) is 0 Å². The second-order valence-corrected chi connectivity index (χ2v) is 6.80. The minimum absolute atomic E-state index is 0.530. The van der Waals surface area contributed by atoms with Gasteiger partial charge in [0.25, 0.3) is 0 Å². The Labute approximate surface area is 180 Å². The Bertz CT molecular complexity index is 1140. The highest BCUT2D eigenvalue weighted by molar-refractivity contribution is 5.83. The molecule has 0 radical (unpaired) electrons. The molecule has 3 aromatic carbocycles. The molecule has 0 unspecified atom stereocenters. The molecule has 1 aromatic heterocycles. The molecular formula is C25H23NO5. The number of aromatic nitrogens is 1. The number of benzene rings is 3. The van der Waals surface area contributed by atoms with Crippen LogP contribution in [0.15, 0.2) is 71.4 Å². The Morgan fingerprint density at radius 1 is 0.613 bits per heavy atom. The molecular weight excluding hydrogens is 394 g/mol. The summed E-state index contributed by atoms with van der Waals surface area (Å²) in [5.74, 6) is 2.48. The number of rotatable bonds is 7. The van der Waals surface area contributed by atoms with Gasteiger partial charge in [-0.1, -0.05) is 41.6 Å². The van der Waals surface area contributed by atoms with E-state index in [0.717, 1.165) is 33.6 Å². The lowest BCUT2D eigenvalue weighted by atomic mass is 9.98. The van der Waals surface area contributed by atoms with Crippen LogP contribution in [0.4, 0.5) is 0 Å². The molecule has 0 aliphatic rings. The highest BCUT2D eigenvalue weighted by Crippen LogP contribution is 2.43. The zero-order valence-electron chi connectivity index (χ0n) is 17.8. The van der Waals surface area contributed by atoms with E-state index >= 15 is 0 Å². The van der Waals surface area contributed by atoms with Crippen LogP contribution < -0.4 is 18.9 Å². The molecule has 0 aliphatic carbocycles. The van der Waals surface area contributed by atoms with Crippen molar-refractivity contribution in [2.75, 3.05) is 28.4 Å². The van der Waals surface area contributed by atoms with Gasteiger partial charge in [0.2, 0.25) is 5.75 Å². The monoisotopic (exact) mass is 417 g/mol. The lowest BCUT2D eigenvalue weighted by Gasteiger charge is -2.13. The first-order chi connectivity index (χ1) is 15.2. The van der Waals surface area contributed by atoms with E-state index in [0.29, 0.717) is 22.9 Å². The Kier molecular flexibility index (Phi) is 5.80. The van der Waals surface area contributed by atoms with Gasteiger partial charge in [-0.15, -0.1) is 0 Å². The van der Waals surface area contributed by atoms with Gasteiger partial charge in [0, 0.05) is 11.1 Å². The molecule has 0 fully saturated rings. The molecule has 0 amide bonds. The Morgan fingerprint density at radius 2 is 1.16 bits per heavy atom. The molecule has 0 bridgehead atoms. The van der Waals surface area contributed by atoms with Crippen LogP contribution in [-0.4, -0.2) is 33.6 Å². The number of hydrogen-bond donors (Lipinski definition) is 0. The third-order valence-electron chi connectivity index (χ3n) is 5.13. The van der Waals surface area contributed by atoms with E-state index in [1.807, 2.05) is 48.5 Å². The topological polar surface area (TPSA) is 63.0 Å². The van der Waals surface area contributed by atoms with E-state index in [1.54, 1.807) is 34.7 Å². The van der Waals surface area contributed by atoms with Crippen molar-refractivity contribution < 1.29 is 23.5 Å². The highest BCUT2D eigenvalue weighted by atomic mass is 16.5. The molecule has 4 rings (SSSR count). The summed E-state index contributed by atoms with van der Waals surface area (Å²) in [5, 5.41) is 4.23. The van der Waals surface area contributed by atoms with Crippen molar-refractivity contribution in [3.63, 3.8) is 0 Å². The summed E-state index contributed by atoms with van der Waals surface area (Å²) in [7, 11) is 6.41. The summed E-state index contributed by atoms with van der Waals surface area (Å²) < 4.78 is 26.9. The number of hydrogen-bond acceptors (Lipinski definition) is 6. The average Bonchev–Trinajstić information content (AvgIpc) is 3.33. The molecule has 6 heteroatoms. The van der Waals surface area contributed by atoms with Crippen LogP contribution in [0.5, 0.6) is 23.0 Å². The largest absolute Gasteiger partial charge is 0.497 e. The quantitative estimate of drug-likeness (QED) is 0.384. The molecule has 0 saturated carbocycles. The Balaban J connectivity index is 1.70. The fourth-order valence-corrected chi connectivity index (χ4v) is 3.49. The van der Waals surface area contributed by atoms with Gasteiger partial charge in [0.1, 0.15) is 17.7 Å². The standard InChI is InChI=1S/C25H23NO5/c1-27-20-11-9-17(10-12-20)16-5-7-18(8-6-16)21-15-31-26-24(21)19-13-22(28-2)25(30-4)23(14-19)29-3/h5-15H,1-4H3. The first kappa shape index (κ1) is 20.3. The summed E-state index contributed by atoms with van der Waals surface area (Å²) >= 11 is 0. The average molecular weight is 417 g/mol. The van der Waals surface area contributed by atoms with E-state index < -0.39 is 0 Å². The van der Waals surface area contributed by atoms with E-state index in [1.165, 1.54) is 0 Å². The summed E-state index contributed by atoms with van der Waals surface area (Å²) in [6.45, 7) is 0. The smallest absolute Gasteiger partial charge is 0.203 e. The molecule has 0 saturated heterocycles. The minimum atomic E-state index is 0.530. The van der Waals surface area contributed by atoms with Crippen LogP contribution in [-0.2, 0) is 0 Å². The zero-order valence-corrected chi connectivity index (χ0v) is 17.8. The summed E-state index contributed by atoms with van der Waals surface area (Å²) in [4.78, 5) is 0. The molecule has 4 aromatic rings. The van der Waals surface area contributed by atoms with E-state index in [9.17, 15) is 0 Å². The van der Waals surface area contributed by atoms with Crippen molar-refractivity contribution in [3.05, 3.63) is 66.9 Å². The third kappa shape index (κ3) is 3.92. The van der Waals surface area contributed by atoms with Crippen LogP contribution in [0.2, 0.25) is 0 Å². The van der Waals surface area contributed by atoms with Crippen molar-refractivity contribution in [2.24, 2.45) is 0 Å². The lowest BCUT2D eigenvalue weighted by molar-refractivity contribution is 0.324.